The van der Waals surface area contributed by atoms with Gasteiger partial charge in [-0.2, -0.15) is 73.6 Å². The van der Waals surface area contributed by atoms with Gasteiger partial charge in [0.2, 0.25) is 0 Å². The molecule has 0 aromatic carbocycles. The highest BCUT2D eigenvalue weighted by atomic mass is 79.9. The van der Waals surface area contributed by atoms with Crippen LogP contribution in [0.4, 0.5) is 29.1 Å². The molecule has 18 N–H and O–H groups in total. The van der Waals surface area contributed by atoms with Crippen LogP contribution in [0, 0.1) is 0 Å². The molecule has 630 valence electrons. The summed E-state index contributed by atoms with van der Waals surface area (Å²) >= 11 is 7.21. The van der Waals surface area contributed by atoms with Crippen molar-refractivity contribution < 1.29 is 22.8 Å². The lowest BCUT2D eigenvalue weighted by molar-refractivity contribution is 0.212. The Kier molecular flexibility index (Phi) is 24.3. The quantitative estimate of drug-likeness (QED) is 0.0835. The van der Waals surface area contributed by atoms with Crippen molar-refractivity contribution in [2.24, 2.45) is 35.2 Å². The number of aryl methyl sites for hydroxylation is 5. The molecule has 0 amide bonds. The fraction of sp³-hybridized carbons (Fsp3) is 0.400. The van der Waals surface area contributed by atoms with Crippen molar-refractivity contribution in [2.45, 2.75) is 66.0 Å². The van der Waals surface area contributed by atoms with Gasteiger partial charge in [0.25, 0.3) is 0 Å². The Labute approximate surface area is 706 Å². The van der Waals surface area contributed by atoms with E-state index in [0.29, 0.717) is 71.5 Å². The van der Waals surface area contributed by atoms with Crippen LogP contribution in [0.15, 0.2) is 120 Å². The van der Waals surface area contributed by atoms with Crippen LogP contribution < -0.4 is 60.6 Å². The first-order chi connectivity index (χ1) is 58.0. The molecule has 5 saturated heterocycles. The molecule has 5 aliphatic rings. The number of halogens is 2. The zero-order chi connectivity index (χ0) is 83.8. The number of hydrogen-bond acceptors (Lipinski definition) is 31. The Morgan fingerprint density at radius 1 is 0.417 bits per heavy atom. The van der Waals surface area contributed by atoms with Gasteiger partial charge in [0.15, 0.2) is 38.1 Å². The van der Waals surface area contributed by atoms with Gasteiger partial charge in [-0.1, -0.05) is 0 Å². The number of nitrogens with zero attached hydrogens (tertiary/aromatic N) is 25. The number of aliphatic hydroxyl groups excluding tert-OH is 2. The summed E-state index contributed by atoms with van der Waals surface area (Å²) in [4.78, 5) is 23.9. The number of sulfone groups is 1. The Balaban J connectivity index is 0.000000112. The maximum absolute atomic E-state index is 12.4. The summed E-state index contributed by atoms with van der Waals surface area (Å²) in [6.07, 6.45) is 31.0. The van der Waals surface area contributed by atoms with Crippen molar-refractivity contribution in [2.75, 3.05) is 119 Å². The van der Waals surface area contributed by atoms with Crippen LogP contribution in [0.5, 0.6) is 0 Å². The highest BCUT2D eigenvalue weighted by molar-refractivity contribution is 9.11. The van der Waals surface area contributed by atoms with Crippen LogP contribution in [-0.2, 0) is 55.9 Å². The van der Waals surface area contributed by atoms with Gasteiger partial charge in [0, 0.05) is 252 Å². The Bertz CT molecular complexity index is 6330. The van der Waals surface area contributed by atoms with Crippen molar-refractivity contribution in [1.29, 1.82) is 0 Å². The van der Waals surface area contributed by atoms with Crippen molar-refractivity contribution in [1.82, 2.24) is 154 Å². The average Bonchev–Trinajstić information content (AvgIpc) is 1.56. The first-order valence-electron chi connectivity index (χ1n) is 39.1. The van der Waals surface area contributed by atoms with Gasteiger partial charge in [0.1, 0.15) is 34.3 Å². The van der Waals surface area contributed by atoms with Crippen molar-refractivity contribution >= 4 is 110 Å². The third kappa shape index (κ3) is 17.1. The van der Waals surface area contributed by atoms with E-state index in [1.807, 2.05) is 78.5 Å². The molecule has 0 saturated carbocycles. The van der Waals surface area contributed by atoms with E-state index >= 15 is 0 Å². The summed E-state index contributed by atoms with van der Waals surface area (Å²) < 4.78 is 55.4. The van der Waals surface area contributed by atoms with E-state index in [9.17, 15) is 22.8 Å². The molecule has 45 heteroatoms. The fourth-order valence-electron chi connectivity index (χ4n) is 15.5. The molecule has 20 rings (SSSR count). The molecular formula is C75H94Br2N36O5S2. The summed E-state index contributed by atoms with van der Waals surface area (Å²) in [5, 5.41) is 80.4. The summed E-state index contributed by atoms with van der Waals surface area (Å²) in [7, 11) is 5.15. The number of rotatable bonds is 12. The predicted octanol–water partition coefficient (Wildman–Crippen LogP) is 2.47. The molecule has 15 aromatic heterocycles. The fourth-order valence-corrected chi connectivity index (χ4v) is 19.5. The standard InChI is InChI=1S/C16H20BrN7O.C16H21N7O.C15H19BrN8.C14H17N7O2S.C14H17N7OS/c1-23-7-10(5-20-23)12-6-21-24-15(18)13(17)14(22-16(12)24)9-2-3-11(8-25)19-4-9;1-22-8-11(6-19-22)13-7-20-23-15(17)4-14(21-16(13)23)10-2-3-12(9-24)18-5-10;1-23-8-10(6-20-23)11-7-21-24-14(17)12(16)13(22-15(11)24)9-4-18-2-3-19-5-9;1-20-8-9(5-17-20)10-6-18-21-13(15)4-11(19-14(10)21)12-7-16-2-3-24(12,22)23;1-20-8-9(5-17-20)10-6-18-21-13(15)4-11(19-14(10)21)12-7-16-2-3-23(12)22/h5-7,9,11,19,25H,2-4,8,18H2,1H3;4,6-8,10,12,18,24H,2-3,5,9,17H2,1H3;6-9,18-19H,2-5,17H2,1H3;4-6,8,12,16H,2-3,7,15H2,1H3;4-6,8,12,16H,2-3,7,15H2,1H3/t9-,11-;10-,12-;;;/m00.../s1. The molecular weight excluding hydrogens is 1710 g/mol. The number of nitrogens with two attached hydrogens (primary N) is 5. The van der Waals surface area contributed by atoms with Gasteiger partial charge in [-0.3, -0.25) is 27.6 Å². The number of aromatic nitrogens is 25. The van der Waals surface area contributed by atoms with Crippen LogP contribution >= 0.6 is 31.9 Å². The third-order valence-corrected chi connectivity index (χ3v) is 27.3. The zero-order valence-corrected chi connectivity index (χ0v) is 71.2. The van der Waals surface area contributed by atoms with Gasteiger partial charge >= 0.3 is 0 Å². The normalized spacial score (nSPS) is 20.3. The largest absolute Gasteiger partial charge is 0.395 e. The van der Waals surface area contributed by atoms with Gasteiger partial charge in [-0.25, -0.2) is 33.3 Å². The molecule has 5 fully saturated rings. The van der Waals surface area contributed by atoms with Gasteiger partial charge in [-0.05, 0) is 57.5 Å². The van der Waals surface area contributed by atoms with Gasteiger partial charge in [-0.15, -0.1) is 0 Å². The molecule has 3 unspecified atom stereocenters. The van der Waals surface area contributed by atoms with E-state index in [1.165, 1.54) is 4.52 Å². The zero-order valence-electron chi connectivity index (χ0n) is 66.4. The monoisotopic (exact) mass is 1800 g/mol. The lowest BCUT2D eigenvalue weighted by Crippen LogP contribution is -2.40. The first kappa shape index (κ1) is 82.6. The molecule has 5 aliphatic heterocycles. The summed E-state index contributed by atoms with van der Waals surface area (Å²) in [6.45, 7) is 7.76. The molecule has 20 heterocycles. The topological polar surface area (TPSA) is 534 Å². The number of hydrogen-bond donors (Lipinski definition) is 13. The smallest absolute Gasteiger partial charge is 0.165 e. The average molecular weight is 1800 g/mol. The number of anilines is 5. The second-order valence-electron chi connectivity index (χ2n) is 30.3. The molecule has 7 atom stereocenters. The van der Waals surface area contributed by atoms with Crippen LogP contribution in [0.25, 0.3) is 83.9 Å². The van der Waals surface area contributed by atoms with Crippen molar-refractivity contribution in [3.8, 4) is 55.6 Å². The minimum atomic E-state index is -3.25. The van der Waals surface area contributed by atoms with Gasteiger partial charge in [0.05, 0.1) is 124 Å². The highest BCUT2D eigenvalue weighted by Crippen LogP contribution is 2.39. The molecule has 15 aromatic rings. The maximum atomic E-state index is 12.4. The SMILES string of the molecule is Cn1cc(-c2cnn3c(N)c(Br)c(C4CNCCNC4)nc23)cn1.Cn1cc(-c2cnn3c(N)c(Br)c([C@H]4CC[C@@H](CO)NC4)nc23)cn1.Cn1cc(-c2cnn3c(N)cc(C4CNCCS4(=O)=O)nc23)cn1.Cn1cc(-c2cnn3c(N)cc(C4CNCCS4=O)nc23)cn1.Cn1cc(-c2cnn3c(N)cc([C@H]4CC[C@@H](CO)NC4)nc23)cn1. The highest BCUT2D eigenvalue weighted by Gasteiger charge is 2.34. The van der Waals surface area contributed by atoms with E-state index in [0.717, 1.165) is 176 Å². The van der Waals surface area contributed by atoms with E-state index in [4.69, 9.17) is 48.6 Å². The second-order valence-corrected chi connectivity index (χ2v) is 35.9. The van der Waals surface area contributed by atoms with Crippen molar-refractivity contribution in [3.05, 3.63) is 149 Å². The third-order valence-electron chi connectivity index (χ3n) is 22.0. The van der Waals surface area contributed by atoms with E-state index < -0.39 is 25.9 Å². The predicted molar refractivity (Wildman–Crippen MR) is 462 cm³/mol. The number of nitrogen functional groups attached to an aromatic ring is 5. The maximum Gasteiger partial charge on any atom is 0.165 e. The Morgan fingerprint density at radius 3 is 1.16 bits per heavy atom. The summed E-state index contributed by atoms with van der Waals surface area (Å²) in [5.74, 6) is 4.02. The van der Waals surface area contributed by atoms with E-state index in [1.54, 1.807) is 109 Å². The Morgan fingerprint density at radius 2 is 0.775 bits per heavy atom. The molecule has 0 radical (unpaired) electrons. The number of piperidine rings is 2. The summed E-state index contributed by atoms with van der Waals surface area (Å²) in [5.41, 5.74) is 47.5. The molecule has 0 spiro atoms. The molecule has 120 heavy (non-hydrogen) atoms. The minimum absolute atomic E-state index is 0.0964. The van der Waals surface area contributed by atoms with Crippen LogP contribution in [0.3, 0.4) is 0 Å². The lowest BCUT2D eigenvalue weighted by Gasteiger charge is -2.29. The molecule has 41 nitrogen and oxygen atoms in total. The van der Waals surface area contributed by atoms with Crippen molar-refractivity contribution in [3.63, 3.8) is 0 Å². The summed E-state index contributed by atoms with van der Waals surface area (Å²) in [6, 6.07) is 5.60. The first-order valence-corrected chi connectivity index (χ1v) is 43.8. The Hall–Kier alpha value is -11.1. The molecule has 0 bridgehead atoms. The second kappa shape index (κ2) is 35.3. The minimum Gasteiger partial charge on any atom is -0.395 e. The van der Waals surface area contributed by atoms with Gasteiger partial charge < -0.3 is 70.8 Å². The van der Waals surface area contributed by atoms with E-state index in [-0.39, 0.29) is 54.1 Å². The number of nitrogens with one attached hydrogen (secondary N) is 6. The number of fused-ring (bicyclic) bond motifs is 5. The van der Waals surface area contributed by atoms with Crippen LogP contribution in [-0.4, -0.2) is 247 Å². The van der Waals surface area contributed by atoms with Crippen LogP contribution in [0.1, 0.15) is 82.4 Å². The number of aliphatic hydroxyl groups is 2. The van der Waals surface area contributed by atoms with Crippen LogP contribution in [0.2, 0.25) is 0 Å². The van der Waals surface area contributed by atoms with E-state index in [2.05, 4.69) is 120 Å². The lowest BCUT2D eigenvalue weighted by atomic mass is 9.92. The molecule has 0 aliphatic carbocycles.